The molecule has 0 aliphatic heterocycles. The van der Waals surface area contributed by atoms with Crippen molar-refractivity contribution in [2.24, 2.45) is 50.9 Å². The topological polar surface area (TPSA) is 15.5 Å². The van der Waals surface area contributed by atoms with Gasteiger partial charge in [-0.1, -0.05) is 239 Å². The lowest BCUT2D eigenvalue weighted by molar-refractivity contribution is -0.660. The van der Waals surface area contributed by atoms with Crippen LogP contribution in [-0.4, -0.2) is 0 Å². The number of aryl methyl sites for hydroxylation is 8. The number of hydrogen-bond donors (Lipinski definition) is 0. The first kappa shape index (κ1) is 67.0. The SMILES string of the molecule is Cc1ccccc1-c1ccc(-c2ccc(CC(C)C)cc2)c[n+]1C.Cc1ccccc1-c1ccc(-c2cccc(CC(C)(C)C)c2)c[n+]1C.[2H]C([2H])(c1cccc(-c2ccc(-c3ccccc3C)[n+](C)c2)c1)C(C)(C)C.[2H]C([2H])(c1cccc(-c2ccc(-c3ccccc3C)[n+](C)c2)c1)C(C)C. The van der Waals surface area contributed by atoms with Crippen LogP contribution in [0.3, 0.4) is 0 Å². The molecule has 0 saturated heterocycles. The summed E-state index contributed by atoms with van der Waals surface area (Å²) < 4.78 is 42.5. The van der Waals surface area contributed by atoms with E-state index < -0.39 is 18.2 Å². The number of pyridine rings is 4. The molecule has 0 amide bonds. The Balaban J connectivity index is 0.000000158. The van der Waals surface area contributed by atoms with Crippen LogP contribution in [0.15, 0.2) is 267 Å². The Morgan fingerprint density at radius 1 is 0.296 bits per heavy atom. The first-order valence-electron chi connectivity index (χ1n) is 36.9. The van der Waals surface area contributed by atoms with Gasteiger partial charge in [0, 0.05) is 74.3 Å². The molecule has 0 N–H and O–H groups in total. The van der Waals surface area contributed by atoms with Crippen LogP contribution >= 0.6 is 0 Å². The van der Waals surface area contributed by atoms with E-state index in [9.17, 15) is 0 Å². The molecule has 500 valence electrons. The summed E-state index contributed by atoms with van der Waals surface area (Å²) in [4.78, 5) is 0. The Labute approximate surface area is 595 Å². The molecule has 98 heavy (non-hydrogen) atoms. The number of nitrogens with zero attached hydrogens (tertiary/aromatic N) is 4. The monoisotopic (exact) mass is 1300 g/mol. The van der Waals surface area contributed by atoms with E-state index in [1.54, 1.807) is 0 Å². The molecule has 0 aliphatic carbocycles. The van der Waals surface area contributed by atoms with Crippen LogP contribution in [0.5, 0.6) is 0 Å². The van der Waals surface area contributed by atoms with Crippen LogP contribution in [0.4, 0.5) is 0 Å². The van der Waals surface area contributed by atoms with Crippen molar-refractivity contribution in [1.29, 1.82) is 0 Å². The van der Waals surface area contributed by atoms with Crippen molar-refractivity contribution in [3.8, 4) is 89.5 Å². The van der Waals surface area contributed by atoms with Gasteiger partial charge in [0.05, 0.1) is 0 Å². The van der Waals surface area contributed by atoms with E-state index in [-0.39, 0.29) is 5.92 Å². The van der Waals surface area contributed by atoms with Crippen LogP contribution in [0.2, 0.25) is 0 Å². The zero-order valence-electron chi connectivity index (χ0n) is 65.8. The third-order valence-corrected chi connectivity index (χ3v) is 17.5. The minimum Gasteiger partial charge on any atom is -0.200 e. The summed E-state index contributed by atoms with van der Waals surface area (Å²) in [6.07, 6.45) is 8.19. The van der Waals surface area contributed by atoms with Crippen LogP contribution in [0.25, 0.3) is 89.5 Å². The van der Waals surface area contributed by atoms with E-state index in [1.807, 2.05) is 83.1 Å². The average molecular weight is 1300 g/mol. The highest BCUT2D eigenvalue weighted by Gasteiger charge is 2.20. The Morgan fingerprint density at radius 3 is 0.918 bits per heavy atom. The van der Waals surface area contributed by atoms with Crippen LogP contribution in [0, 0.1) is 50.4 Å². The summed E-state index contributed by atoms with van der Waals surface area (Å²) in [6, 6.07) is 84.9. The van der Waals surface area contributed by atoms with Gasteiger partial charge in [-0.15, -0.1) is 0 Å². The van der Waals surface area contributed by atoms with Gasteiger partial charge in [0.25, 0.3) is 0 Å². The second-order valence-electron chi connectivity index (χ2n) is 29.5. The quantitative estimate of drug-likeness (QED) is 0.0965. The lowest BCUT2D eigenvalue weighted by atomic mass is 9.87. The van der Waals surface area contributed by atoms with E-state index in [2.05, 4.69) is 328 Å². The Hall–Kier alpha value is -9.64. The summed E-state index contributed by atoms with van der Waals surface area (Å²) >= 11 is 0. The summed E-state index contributed by atoms with van der Waals surface area (Å²) in [5.74, 6) is 0.624. The van der Waals surface area contributed by atoms with E-state index in [0.29, 0.717) is 11.3 Å². The van der Waals surface area contributed by atoms with E-state index in [1.165, 1.54) is 95.0 Å². The molecule has 0 atom stereocenters. The molecular weight excluding hydrogens is 1190 g/mol. The van der Waals surface area contributed by atoms with E-state index >= 15 is 0 Å². The maximum Gasteiger partial charge on any atom is 0.212 e. The molecule has 0 radical (unpaired) electrons. The first-order chi connectivity index (χ1) is 48.3. The Morgan fingerprint density at radius 2 is 0.602 bits per heavy atom. The standard InChI is InChI=1S/2C24H28N.2C23H26N/c2*1-18-9-6-7-12-22(18)23-14-13-21(17-25(23)5)20-11-8-10-19(15-20)16-24(2,3)4;1-17(2)14-19-9-7-10-20(15-19)21-12-13-23(24(4)16-21)22-11-6-5-8-18(22)3;1-17(2)15-19-9-11-20(12-10-19)21-13-14-23(24(4)16-21)22-8-6-5-7-18(22)3/h2*6-15,17H,16H2,1-5H3;5-13,15-17H,14H2,1-4H3;5-14,16-17H,15H2,1-4H3/q4*+1/i16D2;;14D2;. The number of hydrogen-bond acceptors (Lipinski definition) is 0. The summed E-state index contributed by atoms with van der Waals surface area (Å²) in [7, 11) is 8.37. The van der Waals surface area contributed by atoms with Crippen LogP contribution < -0.4 is 18.3 Å². The molecular formula is C94H108N4+4. The average Bonchev–Trinajstić information content (AvgIpc) is 0.782. The molecule has 0 unspecified atom stereocenters. The maximum atomic E-state index is 8.55. The molecule has 4 aromatic heterocycles. The van der Waals surface area contributed by atoms with Crippen molar-refractivity contribution in [1.82, 2.24) is 0 Å². The summed E-state index contributed by atoms with van der Waals surface area (Å²) in [5.41, 5.74) is 28.4. The molecule has 0 spiro atoms. The van der Waals surface area contributed by atoms with Gasteiger partial charge in [-0.3, -0.25) is 0 Å². The highest BCUT2D eigenvalue weighted by Crippen LogP contribution is 2.31. The van der Waals surface area contributed by atoms with Crippen molar-refractivity contribution in [3.63, 3.8) is 0 Å². The summed E-state index contributed by atoms with van der Waals surface area (Å²) in [6.45, 7) is 29.6. The van der Waals surface area contributed by atoms with E-state index in [4.69, 9.17) is 5.48 Å². The lowest BCUT2D eigenvalue weighted by Gasteiger charge is -2.18. The molecule has 12 aromatic rings. The van der Waals surface area contributed by atoms with Crippen molar-refractivity contribution in [2.75, 3.05) is 0 Å². The Bertz CT molecular complexity index is 4830. The third-order valence-electron chi connectivity index (χ3n) is 17.5. The molecule has 0 saturated carbocycles. The fourth-order valence-electron chi connectivity index (χ4n) is 12.8. The third kappa shape index (κ3) is 20.2. The molecule has 4 heteroatoms. The maximum absolute atomic E-state index is 8.55. The van der Waals surface area contributed by atoms with Crippen molar-refractivity contribution >= 4 is 0 Å². The normalized spacial score (nSPS) is 12.2. The van der Waals surface area contributed by atoms with Gasteiger partial charge in [0.15, 0.2) is 24.8 Å². The zero-order valence-corrected chi connectivity index (χ0v) is 61.8. The molecule has 4 nitrogen and oxygen atoms in total. The van der Waals surface area contributed by atoms with Crippen molar-refractivity contribution < 1.29 is 23.8 Å². The van der Waals surface area contributed by atoms with Gasteiger partial charge in [0.2, 0.25) is 22.8 Å². The fraction of sp³-hybridized carbons (Fsp3) is 0.277. The predicted molar refractivity (Wildman–Crippen MR) is 416 cm³/mol. The van der Waals surface area contributed by atoms with Crippen LogP contribution in [0.1, 0.15) is 119 Å². The number of benzene rings is 8. The van der Waals surface area contributed by atoms with E-state index in [0.717, 1.165) is 51.9 Å². The largest absolute Gasteiger partial charge is 0.212 e. The number of rotatable bonds is 14. The molecule has 8 aromatic carbocycles. The first-order valence-corrected chi connectivity index (χ1v) is 34.9. The second kappa shape index (κ2) is 33.1. The molecule has 0 aliphatic rings. The number of aromatic nitrogens is 4. The second-order valence-corrected chi connectivity index (χ2v) is 29.5. The van der Waals surface area contributed by atoms with Gasteiger partial charge in [-0.05, 0) is 191 Å². The summed E-state index contributed by atoms with van der Waals surface area (Å²) in [5, 5.41) is 0. The van der Waals surface area contributed by atoms with Gasteiger partial charge in [-0.2, -0.15) is 0 Å². The molecule has 0 bridgehead atoms. The van der Waals surface area contributed by atoms with Gasteiger partial charge in [0.1, 0.15) is 28.2 Å². The minimum absolute atomic E-state index is 0.0720. The van der Waals surface area contributed by atoms with Crippen molar-refractivity contribution in [3.05, 3.63) is 312 Å². The highest BCUT2D eigenvalue weighted by atomic mass is 14.9. The zero-order chi connectivity index (χ0) is 73.8. The van der Waals surface area contributed by atoms with Gasteiger partial charge < -0.3 is 0 Å². The fourth-order valence-corrected chi connectivity index (χ4v) is 12.8. The van der Waals surface area contributed by atoms with Crippen LogP contribution in [-0.2, 0) is 53.8 Å². The smallest absolute Gasteiger partial charge is 0.200 e. The highest BCUT2D eigenvalue weighted by molar-refractivity contribution is 5.71. The Kier molecular flexibility index (Phi) is 22.6. The minimum atomic E-state index is -1.40. The molecule has 4 heterocycles. The predicted octanol–water partition coefficient (Wildman–Crippen LogP) is 22.2. The van der Waals surface area contributed by atoms with Gasteiger partial charge >= 0.3 is 0 Å². The van der Waals surface area contributed by atoms with Gasteiger partial charge in [-0.25, -0.2) is 18.3 Å². The van der Waals surface area contributed by atoms with Crippen molar-refractivity contribution in [2.45, 2.75) is 123 Å². The molecule has 0 fully saturated rings. The molecule has 12 rings (SSSR count). The lowest BCUT2D eigenvalue weighted by Crippen LogP contribution is -2.30.